The van der Waals surface area contributed by atoms with Crippen molar-refractivity contribution in [3.8, 4) is 17.1 Å². The van der Waals surface area contributed by atoms with Crippen molar-refractivity contribution in [1.82, 2.24) is 19.9 Å². The van der Waals surface area contributed by atoms with Crippen molar-refractivity contribution in [2.75, 3.05) is 33.3 Å². The van der Waals surface area contributed by atoms with Crippen LogP contribution in [0.3, 0.4) is 0 Å². The average Bonchev–Trinajstić information content (AvgIpc) is 3.27. The van der Waals surface area contributed by atoms with E-state index >= 15 is 0 Å². The molecule has 2 heterocycles. The van der Waals surface area contributed by atoms with Crippen LogP contribution in [0.25, 0.3) is 17.5 Å². The van der Waals surface area contributed by atoms with E-state index in [2.05, 4.69) is 15.0 Å². The molecule has 0 bridgehead atoms. The zero-order chi connectivity index (χ0) is 22.5. The standard InChI is InChI=1S/C23H22ClFN4O3/c1-31-20-8-2-16(14-19(20)25)3-9-22(30)29-12-10-28(11-13-29)15-21-26-23(27-32-21)17-4-6-18(24)7-5-17/h2-9,14H,10-13,15H2,1H3. The number of carbonyl (C=O) groups is 1. The van der Waals surface area contributed by atoms with Crippen molar-refractivity contribution >= 4 is 23.6 Å². The number of ether oxygens (including phenoxy) is 1. The third-order valence-electron chi connectivity index (χ3n) is 5.21. The van der Waals surface area contributed by atoms with Gasteiger partial charge in [-0.3, -0.25) is 9.69 Å². The van der Waals surface area contributed by atoms with E-state index in [1.54, 1.807) is 29.2 Å². The molecular formula is C23H22ClFN4O3. The third-order valence-corrected chi connectivity index (χ3v) is 5.46. The maximum Gasteiger partial charge on any atom is 0.246 e. The first-order valence-electron chi connectivity index (χ1n) is 10.1. The van der Waals surface area contributed by atoms with Gasteiger partial charge in [-0.15, -0.1) is 0 Å². The molecule has 2 aromatic carbocycles. The topological polar surface area (TPSA) is 71.7 Å². The highest BCUT2D eigenvalue weighted by atomic mass is 35.5. The molecule has 0 N–H and O–H groups in total. The van der Waals surface area contributed by atoms with E-state index in [9.17, 15) is 9.18 Å². The Morgan fingerprint density at radius 2 is 1.94 bits per heavy atom. The lowest BCUT2D eigenvalue weighted by molar-refractivity contribution is -0.127. The van der Waals surface area contributed by atoms with Gasteiger partial charge in [0.2, 0.25) is 17.6 Å². The summed E-state index contributed by atoms with van der Waals surface area (Å²) in [5.41, 5.74) is 1.44. The molecule has 0 radical (unpaired) electrons. The predicted molar refractivity (Wildman–Crippen MR) is 119 cm³/mol. The van der Waals surface area contributed by atoms with E-state index < -0.39 is 5.82 Å². The Kier molecular flexibility index (Phi) is 6.82. The molecule has 1 aliphatic rings. The molecule has 0 atom stereocenters. The SMILES string of the molecule is COc1ccc(C=CC(=O)N2CCN(Cc3nc(-c4ccc(Cl)cc4)no3)CC2)cc1F. The summed E-state index contributed by atoms with van der Waals surface area (Å²) in [5, 5.41) is 4.68. The highest BCUT2D eigenvalue weighted by Crippen LogP contribution is 2.20. The lowest BCUT2D eigenvalue weighted by Crippen LogP contribution is -2.47. The Labute approximate surface area is 190 Å². The Morgan fingerprint density at radius 3 is 2.62 bits per heavy atom. The van der Waals surface area contributed by atoms with Gasteiger partial charge in [0.05, 0.1) is 13.7 Å². The first-order valence-corrected chi connectivity index (χ1v) is 10.5. The van der Waals surface area contributed by atoms with Crippen molar-refractivity contribution < 1.29 is 18.4 Å². The molecule has 0 unspecified atom stereocenters. The minimum Gasteiger partial charge on any atom is -0.494 e. The van der Waals surface area contributed by atoms with E-state index in [0.29, 0.717) is 55.0 Å². The number of amides is 1. The summed E-state index contributed by atoms with van der Waals surface area (Å²) >= 11 is 5.91. The maximum atomic E-state index is 13.8. The first kappa shape index (κ1) is 22.0. The monoisotopic (exact) mass is 456 g/mol. The highest BCUT2D eigenvalue weighted by Gasteiger charge is 2.21. The first-order chi connectivity index (χ1) is 15.5. The smallest absolute Gasteiger partial charge is 0.246 e. The number of nitrogens with zero attached hydrogens (tertiary/aromatic N) is 4. The number of aromatic nitrogens is 2. The van der Waals surface area contributed by atoms with E-state index in [4.69, 9.17) is 20.9 Å². The molecule has 4 rings (SSSR count). The molecule has 1 fully saturated rings. The quantitative estimate of drug-likeness (QED) is 0.524. The van der Waals surface area contributed by atoms with Crippen LogP contribution in [0.5, 0.6) is 5.75 Å². The van der Waals surface area contributed by atoms with Crippen molar-refractivity contribution in [2.24, 2.45) is 0 Å². The summed E-state index contributed by atoms with van der Waals surface area (Å²) in [4.78, 5) is 20.8. The molecule has 1 aromatic heterocycles. The lowest BCUT2D eigenvalue weighted by atomic mass is 10.2. The van der Waals surface area contributed by atoms with Crippen LogP contribution in [0, 0.1) is 5.82 Å². The second-order valence-corrected chi connectivity index (χ2v) is 7.78. The summed E-state index contributed by atoms with van der Waals surface area (Å²) in [6.07, 6.45) is 3.07. The number of methoxy groups -OCH3 is 1. The number of rotatable bonds is 6. The van der Waals surface area contributed by atoms with Gasteiger partial charge in [0.15, 0.2) is 11.6 Å². The van der Waals surface area contributed by atoms with E-state index in [1.807, 2.05) is 12.1 Å². The van der Waals surface area contributed by atoms with Crippen LogP contribution >= 0.6 is 11.6 Å². The van der Waals surface area contributed by atoms with Crippen LogP contribution in [0.2, 0.25) is 5.02 Å². The minimum absolute atomic E-state index is 0.108. The normalized spacial score (nSPS) is 14.8. The number of benzene rings is 2. The Hall–Kier alpha value is -3.23. The van der Waals surface area contributed by atoms with Gasteiger partial charge < -0.3 is 14.2 Å². The summed E-state index contributed by atoms with van der Waals surface area (Å²) in [6, 6.07) is 11.8. The Balaban J connectivity index is 1.28. The molecule has 7 nitrogen and oxygen atoms in total. The molecule has 0 aliphatic carbocycles. The predicted octanol–water partition coefficient (Wildman–Crippen LogP) is 3.90. The summed E-state index contributed by atoms with van der Waals surface area (Å²) < 4.78 is 24.1. The van der Waals surface area contributed by atoms with Gasteiger partial charge in [-0.25, -0.2) is 4.39 Å². The van der Waals surface area contributed by atoms with Gasteiger partial charge in [-0.2, -0.15) is 4.98 Å². The Morgan fingerprint density at radius 1 is 1.19 bits per heavy atom. The maximum absolute atomic E-state index is 13.8. The van der Waals surface area contributed by atoms with Gasteiger partial charge >= 0.3 is 0 Å². The van der Waals surface area contributed by atoms with Gasteiger partial charge in [0.1, 0.15) is 0 Å². The molecule has 1 aliphatic heterocycles. The van der Waals surface area contributed by atoms with Crippen LogP contribution in [-0.4, -0.2) is 59.1 Å². The Bertz CT molecular complexity index is 1110. The van der Waals surface area contributed by atoms with Crippen LogP contribution < -0.4 is 4.74 Å². The number of carbonyl (C=O) groups excluding carboxylic acids is 1. The fourth-order valence-corrected chi connectivity index (χ4v) is 3.54. The molecule has 1 saturated heterocycles. The molecular weight excluding hydrogens is 435 g/mol. The van der Waals surface area contributed by atoms with E-state index in [1.165, 1.54) is 25.3 Å². The number of hydrogen-bond donors (Lipinski definition) is 0. The second-order valence-electron chi connectivity index (χ2n) is 7.35. The highest BCUT2D eigenvalue weighted by molar-refractivity contribution is 6.30. The number of piperazine rings is 1. The third kappa shape index (κ3) is 5.33. The summed E-state index contributed by atoms with van der Waals surface area (Å²) in [7, 11) is 1.41. The lowest BCUT2D eigenvalue weighted by Gasteiger charge is -2.33. The van der Waals surface area contributed by atoms with E-state index in [0.717, 1.165) is 5.56 Å². The van der Waals surface area contributed by atoms with Gasteiger partial charge in [0.25, 0.3) is 0 Å². The second kappa shape index (κ2) is 9.93. The van der Waals surface area contributed by atoms with Crippen molar-refractivity contribution in [1.29, 1.82) is 0 Å². The number of hydrogen-bond acceptors (Lipinski definition) is 6. The molecule has 0 saturated carbocycles. The summed E-state index contributed by atoms with van der Waals surface area (Å²) in [5.74, 6) is 0.646. The van der Waals surface area contributed by atoms with Gasteiger partial charge in [0, 0.05) is 42.8 Å². The van der Waals surface area contributed by atoms with Crippen LogP contribution in [0.4, 0.5) is 4.39 Å². The van der Waals surface area contributed by atoms with Crippen LogP contribution in [0.15, 0.2) is 53.1 Å². The zero-order valence-electron chi connectivity index (χ0n) is 17.5. The molecule has 9 heteroatoms. The fraction of sp³-hybridized carbons (Fsp3) is 0.261. The van der Waals surface area contributed by atoms with Gasteiger partial charge in [-0.1, -0.05) is 22.8 Å². The number of halogens is 2. The van der Waals surface area contributed by atoms with Gasteiger partial charge in [-0.05, 0) is 48.0 Å². The molecule has 1 amide bonds. The molecule has 0 spiro atoms. The molecule has 3 aromatic rings. The zero-order valence-corrected chi connectivity index (χ0v) is 18.3. The fourth-order valence-electron chi connectivity index (χ4n) is 3.41. The van der Waals surface area contributed by atoms with Crippen LogP contribution in [-0.2, 0) is 11.3 Å². The van der Waals surface area contributed by atoms with Crippen LogP contribution in [0.1, 0.15) is 11.5 Å². The average molecular weight is 457 g/mol. The van der Waals surface area contributed by atoms with Crippen molar-refractivity contribution in [3.63, 3.8) is 0 Å². The van der Waals surface area contributed by atoms with Crippen molar-refractivity contribution in [3.05, 3.63) is 70.8 Å². The van der Waals surface area contributed by atoms with Crippen molar-refractivity contribution in [2.45, 2.75) is 6.54 Å². The minimum atomic E-state index is -0.462. The summed E-state index contributed by atoms with van der Waals surface area (Å²) in [6.45, 7) is 3.06. The molecule has 166 valence electrons. The molecule has 32 heavy (non-hydrogen) atoms. The van der Waals surface area contributed by atoms with E-state index in [-0.39, 0.29) is 11.7 Å². The largest absolute Gasteiger partial charge is 0.494 e.